The molecule has 0 radical (unpaired) electrons. The molecule has 1 aliphatic carbocycles. The number of nitrogens with zero attached hydrogens (tertiary/aromatic N) is 2. The molecule has 1 amide bonds. The Bertz CT molecular complexity index is 415. The summed E-state index contributed by atoms with van der Waals surface area (Å²) in [5.41, 5.74) is 4.92. The maximum Gasteiger partial charge on any atom is 0.404 e. The third-order valence-electron chi connectivity index (χ3n) is 2.40. The van der Waals surface area contributed by atoms with Crippen molar-refractivity contribution >= 4 is 51.3 Å². The molecule has 88 valence electrons. The van der Waals surface area contributed by atoms with Crippen LogP contribution in [-0.2, 0) is 11.3 Å². The first kappa shape index (κ1) is 12.4. The first-order chi connectivity index (χ1) is 7.59. The Morgan fingerprint density at radius 3 is 2.81 bits per heavy atom. The SMILES string of the molecule is NC(=O)OCCn1c(C2CC2)nc(I)c1I. The summed E-state index contributed by atoms with van der Waals surface area (Å²) < 4.78 is 8.98. The van der Waals surface area contributed by atoms with E-state index in [4.69, 9.17) is 10.5 Å². The number of carbonyl (C=O) groups is 1. The predicted octanol–water partition coefficient (Wildman–Crippen LogP) is 2.06. The van der Waals surface area contributed by atoms with E-state index < -0.39 is 6.09 Å². The highest BCUT2D eigenvalue weighted by Crippen LogP contribution is 2.40. The second-order valence-corrected chi connectivity index (χ2v) is 5.69. The molecular formula is C9H11I2N3O2. The molecule has 0 unspecified atom stereocenters. The molecule has 16 heavy (non-hydrogen) atoms. The van der Waals surface area contributed by atoms with Gasteiger partial charge in [0.05, 0.1) is 6.54 Å². The fourth-order valence-electron chi connectivity index (χ4n) is 1.52. The molecule has 0 atom stereocenters. The average molecular weight is 447 g/mol. The van der Waals surface area contributed by atoms with Gasteiger partial charge < -0.3 is 15.0 Å². The maximum atomic E-state index is 10.5. The number of hydrogen-bond acceptors (Lipinski definition) is 3. The zero-order valence-electron chi connectivity index (χ0n) is 8.45. The van der Waals surface area contributed by atoms with Crippen molar-refractivity contribution in [2.24, 2.45) is 5.73 Å². The number of amides is 1. The standard InChI is InChI=1S/C9H11I2N3O2/c10-6-7(11)14(3-4-16-9(12)15)8(13-6)5-1-2-5/h5H,1-4H2,(H2,12,15). The van der Waals surface area contributed by atoms with Crippen molar-refractivity contribution in [3.8, 4) is 0 Å². The molecule has 1 fully saturated rings. The Balaban J connectivity index is 2.08. The van der Waals surface area contributed by atoms with Crippen molar-refractivity contribution < 1.29 is 9.53 Å². The minimum absolute atomic E-state index is 0.303. The van der Waals surface area contributed by atoms with Crippen molar-refractivity contribution in [1.29, 1.82) is 0 Å². The van der Waals surface area contributed by atoms with E-state index in [0.29, 0.717) is 19.1 Å². The second-order valence-electron chi connectivity index (χ2n) is 3.65. The van der Waals surface area contributed by atoms with Crippen molar-refractivity contribution in [2.45, 2.75) is 25.3 Å². The van der Waals surface area contributed by atoms with Gasteiger partial charge in [0.25, 0.3) is 0 Å². The Labute approximate surface area is 120 Å². The first-order valence-corrected chi connectivity index (χ1v) is 7.09. The number of imidazole rings is 1. The summed E-state index contributed by atoms with van der Waals surface area (Å²) in [5, 5.41) is 0. The molecule has 0 aliphatic heterocycles. The van der Waals surface area contributed by atoms with E-state index in [-0.39, 0.29) is 0 Å². The van der Waals surface area contributed by atoms with E-state index in [0.717, 1.165) is 13.2 Å². The lowest BCUT2D eigenvalue weighted by Crippen LogP contribution is -2.18. The summed E-state index contributed by atoms with van der Waals surface area (Å²) >= 11 is 4.49. The van der Waals surface area contributed by atoms with Crippen molar-refractivity contribution in [2.75, 3.05) is 6.61 Å². The smallest absolute Gasteiger partial charge is 0.404 e. The molecule has 1 heterocycles. The Morgan fingerprint density at radius 1 is 1.56 bits per heavy atom. The predicted molar refractivity (Wildman–Crippen MR) is 75.2 cm³/mol. The van der Waals surface area contributed by atoms with Crippen LogP contribution in [0.3, 0.4) is 0 Å². The quantitative estimate of drug-likeness (QED) is 0.720. The van der Waals surface area contributed by atoms with Crippen LogP contribution in [0.1, 0.15) is 24.6 Å². The van der Waals surface area contributed by atoms with Gasteiger partial charge in [-0.1, -0.05) is 0 Å². The van der Waals surface area contributed by atoms with E-state index in [9.17, 15) is 4.79 Å². The number of nitrogens with two attached hydrogens (primary N) is 1. The summed E-state index contributed by atoms with van der Waals surface area (Å²) in [5.74, 6) is 1.70. The van der Waals surface area contributed by atoms with E-state index in [1.54, 1.807) is 0 Å². The van der Waals surface area contributed by atoms with Crippen molar-refractivity contribution in [3.63, 3.8) is 0 Å². The molecule has 2 N–H and O–H groups in total. The van der Waals surface area contributed by atoms with Gasteiger partial charge in [-0.05, 0) is 58.0 Å². The number of halogens is 2. The van der Waals surface area contributed by atoms with Gasteiger partial charge in [-0.2, -0.15) is 0 Å². The fraction of sp³-hybridized carbons (Fsp3) is 0.556. The van der Waals surface area contributed by atoms with Gasteiger partial charge in [-0.25, -0.2) is 9.78 Å². The second kappa shape index (κ2) is 5.07. The van der Waals surface area contributed by atoms with Crippen LogP contribution in [0.2, 0.25) is 0 Å². The van der Waals surface area contributed by atoms with Crippen LogP contribution < -0.4 is 5.73 Å². The molecule has 1 aliphatic rings. The molecule has 0 saturated heterocycles. The molecule has 2 rings (SSSR count). The van der Waals surface area contributed by atoms with Crippen LogP contribution in [0.4, 0.5) is 4.79 Å². The van der Waals surface area contributed by atoms with Gasteiger partial charge in [-0.15, -0.1) is 0 Å². The minimum Gasteiger partial charge on any atom is -0.448 e. The number of hydrogen-bond donors (Lipinski definition) is 1. The Hall–Kier alpha value is -0.0600. The molecule has 0 aromatic carbocycles. The zero-order valence-corrected chi connectivity index (χ0v) is 12.8. The lowest BCUT2D eigenvalue weighted by Gasteiger charge is -2.08. The van der Waals surface area contributed by atoms with Crippen molar-refractivity contribution in [3.05, 3.63) is 13.2 Å². The van der Waals surface area contributed by atoms with Crippen LogP contribution >= 0.6 is 45.2 Å². The maximum absolute atomic E-state index is 10.5. The van der Waals surface area contributed by atoms with Gasteiger partial charge in [0.15, 0.2) is 0 Å². The number of rotatable bonds is 4. The van der Waals surface area contributed by atoms with Crippen LogP contribution in [0.15, 0.2) is 0 Å². The highest BCUT2D eigenvalue weighted by atomic mass is 127. The molecular weight excluding hydrogens is 436 g/mol. The van der Waals surface area contributed by atoms with Crippen LogP contribution in [0.5, 0.6) is 0 Å². The molecule has 1 aromatic rings. The molecule has 0 bridgehead atoms. The van der Waals surface area contributed by atoms with Crippen molar-refractivity contribution in [1.82, 2.24) is 9.55 Å². The molecule has 5 nitrogen and oxygen atoms in total. The number of primary amides is 1. The highest BCUT2D eigenvalue weighted by Gasteiger charge is 2.30. The van der Waals surface area contributed by atoms with E-state index in [2.05, 4.69) is 54.7 Å². The van der Waals surface area contributed by atoms with Gasteiger partial charge in [-0.3, -0.25) is 0 Å². The van der Waals surface area contributed by atoms with E-state index >= 15 is 0 Å². The number of ether oxygens (including phenoxy) is 1. The van der Waals surface area contributed by atoms with Gasteiger partial charge >= 0.3 is 6.09 Å². The monoisotopic (exact) mass is 447 g/mol. The van der Waals surface area contributed by atoms with E-state index in [1.165, 1.54) is 12.8 Å². The Kier molecular flexibility index (Phi) is 3.93. The Morgan fingerprint density at radius 2 is 2.25 bits per heavy atom. The third kappa shape index (κ3) is 2.79. The largest absolute Gasteiger partial charge is 0.448 e. The van der Waals surface area contributed by atoms with Crippen LogP contribution in [0, 0.1) is 7.40 Å². The average Bonchev–Trinajstić information content (AvgIpc) is 3.00. The summed E-state index contributed by atoms with van der Waals surface area (Å²) in [6.45, 7) is 0.931. The minimum atomic E-state index is -0.724. The summed E-state index contributed by atoms with van der Waals surface area (Å²) in [6.07, 6.45) is 1.69. The summed E-state index contributed by atoms with van der Waals surface area (Å²) in [7, 11) is 0. The van der Waals surface area contributed by atoms with Gasteiger partial charge in [0, 0.05) is 5.92 Å². The van der Waals surface area contributed by atoms with Crippen LogP contribution in [-0.4, -0.2) is 22.3 Å². The lowest BCUT2D eigenvalue weighted by molar-refractivity contribution is 0.151. The molecule has 7 heteroatoms. The topological polar surface area (TPSA) is 70.1 Å². The highest BCUT2D eigenvalue weighted by molar-refractivity contribution is 14.1. The van der Waals surface area contributed by atoms with E-state index in [1.807, 2.05) is 0 Å². The lowest BCUT2D eigenvalue weighted by atomic mass is 10.4. The number of aromatic nitrogens is 2. The molecule has 1 saturated carbocycles. The van der Waals surface area contributed by atoms with Gasteiger partial charge in [0.2, 0.25) is 0 Å². The third-order valence-corrected chi connectivity index (χ3v) is 5.28. The zero-order chi connectivity index (χ0) is 11.7. The fourth-order valence-corrected chi connectivity index (χ4v) is 2.67. The number of carbonyl (C=O) groups excluding carboxylic acids is 1. The molecule has 1 aromatic heterocycles. The summed E-state index contributed by atoms with van der Waals surface area (Å²) in [4.78, 5) is 15.0. The summed E-state index contributed by atoms with van der Waals surface area (Å²) in [6, 6.07) is 0. The first-order valence-electron chi connectivity index (χ1n) is 4.93. The normalized spacial score (nSPS) is 15.1. The molecule has 0 spiro atoms. The van der Waals surface area contributed by atoms with Gasteiger partial charge in [0.1, 0.15) is 19.8 Å². The van der Waals surface area contributed by atoms with Crippen LogP contribution in [0.25, 0.3) is 0 Å².